The second kappa shape index (κ2) is 12.0. The first-order valence-electron chi connectivity index (χ1n) is 14.5. The lowest BCUT2D eigenvalue weighted by Gasteiger charge is -2.33. The number of aromatic nitrogens is 3. The van der Waals surface area contributed by atoms with Gasteiger partial charge < -0.3 is 19.3 Å². The Morgan fingerprint density at radius 3 is 2.79 bits per heavy atom. The van der Waals surface area contributed by atoms with Crippen LogP contribution in [0.2, 0.25) is 0 Å². The van der Waals surface area contributed by atoms with Gasteiger partial charge in [0, 0.05) is 31.3 Å². The van der Waals surface area contributed by atoms with Crippen molar-refractivity contribution in [3.8, 4) is 28.7 Å². The lowest BCUT2D eigenvalue weighted by molar-refractivity contribution is 0.0690. The van der Waals surface area contributed by atoms with Gasteiger partial charge in [-0.1, -0.05) is 36.4 Å². The van der Waals surface area contributed by atoms with E-state index in [1.807, 2.05) is 51.1 Å². The molecule has 2 aromatic heterocycles. The molecule has 218 valence electrons. The molecule has 6 rings (SSSR count). The summed E-state index contributed by atoms with van der Waals surface area (Å²) in [6, 6.07) is 18.8. The normalized spacial score (nSPS) is 16.9. The monoisotopic (exact) mass is 568 g/mol. The van der Waals surface area contributed by atoms with Crippen molar-refractivity contribution in [2.24, 2.45) is 0 Å². The number of pyridine rings is 1. The number of ether oxygens (including phenoxy) is 3. The molecule has 4 aromatic rings. The summed E-state index contributed by atoms with van der Waals surface area (Å²) in [5, 5.41) is 13.9. The van der Waals surface area contributed by atoms with Crippen molar-refractivity contribution in [2.75, 3.05) is 19.8 Å². The Balaban J connectivity index is 1.24. The van der Waals surface area contributed by atoms with Crippen LogP contribution in [-0.4, -0.2) is 62.6 Å². The highest BCUT2D eigenvalue weighted by molar-refractivity contribution is 5.90. The molecule has 1 saturated heterocycles. The smallest absolute Gasteiger partial charge is 0.342 e. The van der Waals surface area contributed by atoms with E-state index in [1.165, 1.54) is 22.0 Å². The summed E-state index contributed by atoms with van der Waals surface area (Å²) in [5.74, 6) is 0.258. The number of hydrogen-bond acceptors (Lipinski definition) is 7. The molecular formula is C33H36N4O5. The highest BCUT2D eigenvalue weighted by Crippen LogP contribution is 2.34. The number of rotatable bonds is 9. The van der Waals surface area contributed by atoms with E-state index in [1.54, 1.807) is 6.07 Å². The van der Waals surface area contributed by atoms with Gasteiger partial charge in [0.05, 0.1) is 24.6 Å². The van der Waals surface area contributed by atoms with E-state index in [-0.39, 0.29) is 17.5 Å². The van der Waals surface area contributed by atoms with E-state index in [9.17, 15) is 9.90 Å². The van der Waals surface area contributed by atoms with Gasteiger partial charge in [-0.25, -0.2) is 9.78 Å². The maximum Gasteiger partial charge on any atom is 0.342 e. The summed E-state index contributed by atoms with van der Waals surface area (Å²) in [6.45, 7) is 9.89. The van der Waals surface area contributed by atoms with Gasteiger partial charge in [0.15, 0.2) is 5.82 Å². The Labute approximate surface area is 245 Å². The molecule has 2 aliphatic rings. The minimum atomic E-state index is -1.11. The summed E-state index contributed by atoms with van der Waals surface area (Å²) in [4.78, 5) is 19.2. The molecule has 0 saturated carbocycles. The summed E-state index contributed by atoms with van der Waals surface area (Å²) < 4.78 is 19.3. The molecule has 2 aliphatic heterocycles. The van der Waals surface area contributed by atoms with Gasteiger partial charge in [-0.3, -0.25) is 4.90 Å². The van der Waals surface area contributed by atoms with Crippen molar-refractivity contribution in [2.45, 2.75) is 58.9 Å². The molecule has 42 heavy (non-hydrogen) atoms. The Kier molecular flexibility index (Phi) is 7.95. The number of nitrogens with zero attached hydrogens (tertiary/aromatic N) is 4. The molecule has 1 atom stereocenters. The third kappa shape index (κ3) is 5.75. The van der Waals surface area contributed by atoms with Crippen molar-refractivity contribution in [1.29, 1.82) is 0 Å². The third-order valence-electron chi connectivity index (χ3n) is 7.86. The van der Waals surface area contributed by atoms with E-state index in [0.717, 1.165) is 61.6 Å². The van der Waals surface area contributed by atoms with Crippen LogP contribution in [0.5, 0.6) is 11.6 Å². The molecule has 9 heteroatoms. The predicted octanol–water partition coefficient (Wildman–Crippen LogP) is 5.45. The van der Waals surface area contributed by atoms with Gasteiger partial charge in [-0.05, 0) is 74.1 Å². The second-order valence-electron chi connectivity index (χ2n) is 11.2. The maximum absolute atomic E-state index is 11.8. The minimum absolute atomic E-state index is 0.0132. The van der Waals surface area contributed by atoms with Gasteiger partial charge in [0.1, 0.15) is 17.9 Å². The Morgan fingerprint density at radius 2 is 2.00 bits per heavy atom. The van der Waals surface area contributed by atoms with Crippen LogP contribution in [0.15, 0.2) is 60.8 Å². The third-order valence-corrected chi connectivity index (χ3v) is 7.86. The van der Waals surface area contributed by atoms with Crippen molar-refractivity contribution < 1.29 is 24.1 Å². The highest BCUT2D eigenvalue weighted by Gasteiger charge is 2.27. The molecule has 0 radical (unpaired) electrons. The molecule has 1 N–H and O–H groups in total. The second-order valence-corrected chi connectivity index (χ2v) is 11.2. The standard InChI is InChI=1S/C33H36N4O5/c1-21(2)42-32-28(33(38)39)17-34-37(32)30-9-5-8-29(35-30)27-7-4-6-22(3)31(27)41-19-23-10-11-25-18-36(14-12-24(25)16-23)26-13-15-40-20-26/h4-11,16-17,21,26H,12-15,18-20H2,1-3H3,(H,38,39). The van der Waals surface area contributed by atoms with E-state index in [0.29, 0.717) is 24.2 Å². The number of para-hydroxylation sites is 1. The first-order chi connectivity index (χ1) is 20.4. The zero-order valence-corrected chi connectivity index (χ0v) is 24.2. The largest absolute Gasteiger partial charge is 0.488 e. The number of fused-ring (bicyclic) bond motifs is 1. The lowest BCUT2D eigenvalue weighted by atomic mass is 9.96. The number of hydrogen-bond donors (Lipinski definition) is 1. The van der Waals surface area contributed by atoms with Gasteiger partial charge >= 0.3 is 5.97 Å². The summed E-state index contributed by atoms with van der Waals surface area (Å²) in [5.41, 5.74) is 6.45. The fourth-order valence-corrected chi connectivity index (χ4v) is 5.72. The quantitative estimate of drug-likeness (QED) is 0.285. The first kappa shape index (κ1) is 27.9. The fourth-order valence-electron chi connectivity index (χ4n) is 5.72. The molecule has 4 heterocycles. The molecule has 1 fully saturated rings. The highest BCUT2D eigenvalue weighted by atomic mass is 16.5. The minimum Gasteiger partial charge on any atom is -0.488 e. The molecular weight excluding hydrogens is 532 g/mol. The van der Waals surface area contributed by atoms with Crippen molar-refractivity contribution in [3.05, 3.63) is 88.6 Å². The van der Waals surface area contributed by atoms with E-state index >= 15 is 0 Å². The van der Waals surface area contributed by atoms with Crippen molar-refractivity contribution >= 4 is 5.97 Å². The summed E-state index contributed by atoms with van der Waals surface area (Å²) in [7, 11) is 0. The number of aryl methyl sites for hydroxylation is 1. The van der Waals surface area contributed by atoms with Crippen LogP contribution < -0.4 is 9.47 Å². The topological polar surface area (TPSA) is 98.9 Å². The van der Waals surface area contributed by atoms with Crippen LogP contribution in [0, 0.1) is 6.92 Å². The Bertz CT molecular complexity index is 1590. The SMILES string of the molecule is Cc1cccc(-c2cccc(-n3ncc(C(=O)O)c3OC(C)C)n2)c1OCc1ccc2c(c1)CCN(C1CCOC1)C2. The number of carbonyl (C=O) groups is 1. The molecule has 9 nitrogen and oxygen atoms in total. The number of carboxylic acid groups (broad SMARTS) is 1. The molecule has 1 unspecified atom stereocenters. The summed E-state index contributed by atoms with van der Waals surface area (Å²) in [6.07, 6.45) is 3.21. The van der Waals surface area contributed by atoms with Gasteiger partial charge in [-0.2, -0.15) is 9.78 Å². The van der Waals surface area contributed by atoms with Gasteiger partial charge in [0.25, 0.3) is 0 Å². The van der Waals surface area contributed by atoms with Crippen LogP contribution in [0.3, 0.4) is 0 Å². The average Bonchev–Trinajstić information content (AvgIpc) is 3.67. The Hall–Kier alpha value is -4.21. The lowest BCUT2D eigenvalue weighted by Crippen LogP contribution is -2.39. The van der Waals surface area contributed by atoms with E-state index in [4.69, 9.17) is 19.2 Å². The zero-order valence-electron chi connectivity index (χ0n) is 24.2. The van der Waals surface area contributed by atoms with Crippen LogP contribution in [0.25, 0.3) is 17.1 Å². The van der Waals surface area contributed by atoms with Crippen molar-refractivity contribution in [3.63, 3.8) is 0 Å². The zero-order chi connectivity index (χ0) is 29.2. The van der Waals surface area contributed by atoms with Crippen LogP contribution in [-0.2, 0) is 24.3 Å². The molecule has 0 amide bonds. The van der Waals surface area contributed by atoms with Crippen LogP contribution >= 0.6 is 0 Å². The molecule has 0 bridgehead atoms. The molecule has 2 aromatic carbocycles. The first-order valence-corrected chi connectivity index (χ1v) is 14.5. The van der Waals surface area contributed by atoms with Gasteiger partial charge in [0.2, 0.25) is 5.88 Å². The number of aromatic carboxylic acids is 1. The van der Waals surface area contributed by atoms with Crippen LogP contribution in [0.4, 0.5) is 0 Å². The predicted molar refractivity (Wildman–Crippen MR) is 158 cm³/mol. The van der Waals surface area contributed by atoms with E-state index in [2.05, 4.69) is 28.2 Å². The average molecular weight is 569 g/mol. The number of benzene rings is 2. The molecule has 0 spiro atoms. The Morgan fingerprint density at radius 1 is 1.14 bits per heavy atom. The summed E-state index contributed by atoms with van der Waals surface area (Å²) >= 11 is 0. The molecule has 0 aliphatic carbocycles. The fraction of sp³-hybridized carbons (Fsp3) is 0.364. The van der Waals surface area contributed by atoms with Crippen molar-refractivity contribution in [1.82, 2.24) is 19.7 Å². The number of carboxylic acids is 1. The van der Waals surface area contributed by atoms with E-state index < -0.39 is 5.97 Å². The van der Waals surface area contributed by atoms with Gasteiger partial charge in [-0.15, -0.1) is 0 Å². The van der Waals surface area contributed by atoms with Crippen LogP contribution in [0.1, 0.15) is 52.9 Å². The maximum atomic E-state index is 11.8.